The number of aryl methyl sites for hydroxylation is 3. The highest BCUT2D eigenvalue weighted by molar-refractivity contribution is 5.91. The highest BCUT2D eigenvalue weighted by Gasteiger charge is 2.57. The third-order valence-electron chi connectivity index (χ3n) is 4.29. The predicted molar refractivity (Wildman–Crippen MR) is 95.7 cm³/mol. The van der Waals surface area contributed by atoms with Gasteiger partial charge in [0.1, 0.15) is 5.82 Å². The lowest BCUT2D eigenvalue weighted by molar-refractivity contribution is -0.272. The summed E-state index contributed by atoms with van der Waals surface area (Å²) < 4.78 is 41.3. The Balaban J connectivity index is 2.01. The van der Waals surface area contributed by atoms with E-state index in [4.69, 9.17) is 0 Å². The Labute approximate surface area is 155 Å². The van der Waals surface area contributed by atoms with Crippen molar-refractivity contribution in [3.63, 3.8) is 0 Å². The van der Waals surface area contributed by atoms with Crippen LogP contribution in [-0.2, 0) is 17.4 Å². The predicted octanol–water partition coefficient (Wildman–Crippen LogP) is 3.01. The summed E-state index contributed by atoms with van der Waals surface area (Å²) in [6, 6.07) is 5.73. The molecule has 0 bridgehead atoms. The average Bonchev–Trinajstić information content (AvgIpc) is 2.99. The van der Waals surface area contributed by atoms with Crippen LogP contribution in [0.25, 0.3) is 6.08 Å². The highest BCUT2D eigenvalue weighted by atomic mass is 19.4. The van der Waals surface area contributed by atoms with Crippen LogP contribution in [0, 0.1) is 13.8 Å². The topological polar surface area (TPSA) is 67.2 Å². The summed E-state index contributed by atoms with van der Waals surface area (Å²) in [6.45, 7) is 3.50. The fourth-order valence-electron chi connectivity index (χ4n) is 2.75. The molecule has 27 heavy (non-hydrogen) atoms. The van der Waals surface area contributed by atoms with E-state index < -0.39 is 29.9 Å². The quantitative estimate of drug-likeness (QED) is 0.756. The van der Waals surface area contributed by atoms with Gasteiger partial charge >= 0.3 is 6.18 Å². The molecule has 2 aromatic rings. The number of hydrogen-bond donors (Lipinski definition) is 2. The average molecular weight is 381 g/mol. The van der Waals surface area contributed by atoms with Crippen molar-refractivity contribution in [2.75, 3.05) is 6.54 Å². The monoisotopic (exact) mass is 381 g/mol. The molecule has 1 unspecified atom stereocenters. The summed E-state index contributed by atoms with van der Waals surface area (Å²) in [4.78, 5) is 15.5. The van der Waals surface area contributed by atoms with E-state index in [9.17, 15) is 23.1 Å². The molecule has 8 heteroatoms. The number of hydrogen-bond acceptors (Lipinski definition) is 3. The molecule has 0 radical (unpaired) electrons. The van der Waals surface area contributed by atoms with E-state index in [2.05, 4.69) is 10.3 Å². The van der Waals surface area contributed by atoms with E-state index in [0.717, 1.165) is 21.3 Å². The summed E-state index contributed by atoms with van der Waals surface area (Å²) in [6.07, 6.45) is -0.325. The summed E-state index contributed by atoms with van der Waals surface area (Å²) in [5, 5.41) is 12.6. The molecular formula is C19H22F3N3O2. The molecule has 0 saturated heterocycles. The number of aromatic nitrogens is 2. The van der Waals surface area contributed by atoms with Crippen LogP contribution in [0.5, 0.6) is 0 Å². The second-order valence-corrected chi connectivity index (χ2v) is 6.45. The Morgan fingerprint density at radius 3 is 2.59 bits per heavy atom. The van der Waals surface area contributed by atoms with Gasteiger partial charge in [0.25, 0.3) is 0 Å². The molecule has 0 aliphatic heterocycles. The number of nitrogens with one attached hydrogen (secondary N) is 1. The van der Waals surface area contributed by atoms with Crippen LogP contribution in [0.15, 0.2) is 36.7 Å². The van der Waals surface area contributed by atoms with Crippen molar-refractivity contribution in [3.05, 3.63) is 59.2 Å². The van der Waals surface area contributed by atoms with E-state index in [1.807, 2.05) is 32.0 Å². The molecular weight excluding hydrogens is 359 g/mol. The summed E-state index contributed by atoms with van der Waals surface area (Å²) in [5.41, 5.74) is -0.221. The number of alkyl halides is 3. The lowest BCUT2D eigenvalue weighted by Gasteiger charge is -2.29. The maximum atomic E-state index is 13.4. The lowest BCUT2D eigenvalue weighted by atomic mass is 9.97. The number of nitrogens with zero attached hydrogens (tertiary/aromatic N) is 2. The maximum Gasteiger partial charge on any atom is 0.424 e. The molecule has 0 aliphatic rings. The largest absolute Gasteiger partial charge is 0.424 e. The molecule has 0 saturated carbocycles. The molecule has 0 fully saturated rings. The molecule has 2 rings (SSSR count). The van der Waals surface area contributed by atoms with Crippen molar-refractivity contribution in [2.24, 2.45) is 7.05 Å². The molecule has 0 aliphatic carbocycles. The Bertz CT molecular complexity index is 843. The first-order chi connectivity index (χ1) is 12.5. The number of halogens is 3. The van der Waals surface area contributed by atoms with E-state index in [0.29, 0.717) is 0 Å². The number of carbonyl (C=O) groups excluding carboxylic acids is 1. The van der Waals surface area contributed by atoms with Crippen molar-refractivity contribution in [1.82, 2.24) is 14.9 Å². The van der Waals surface area contributed by atoms with Crippen LogP contribution >= 0.6 is 0 Å². The number of aliphatic hydroxyl groups is 1. The van der Waals surface area contributed by atoms with Gasteiger partial charge in [-0.15, -0.1) is 0 Å². The highest BCUT2D eigenvalue weighted by Crippen LogP contribution is 2.40. The SMILES string of the molecule is Cc1ccc(/C=C/C(=O)NCCC(O)(c2nccn2C)C(F)(F)F)c(C)c1. The van der Waals surface area contributed by atoms with Gasteiger partial charge in [-0.05, 0) is 31.1 Å². The van der Waals surface area contributed by atoms with E-state index in [1.165, 1.54) is 25.5 Å². The van der Waals surface area contributed by atoms with E-state index in [-0.39, 0.29) is 6.54 Å². The van der Waals surface area contributed by atoms with Gasteiger partial charge in [-0.1, -0.05) is 23.8 Å². The number of imidazole rings is 1. The minimum absolute atomic E-state index is 0.362. The van der Waals surface area contributed by atoms with Crippen LogP contribution in [-0.4, -0.2) is 33.3 Å². The van der Waals surface area contributed by atoms with Crippen LogP contribution in [0.1, 0.15) is 28.9 Å². The minimum atomic E-state index is -4.92. The van der Waals surface area contributed by atoms with Crippen molar-refractivity contribution < 1.29 is 23.1 Å². The van der Waals surface area contributed by atoms with Crippen LogP contribution in [0.4, 0.5) is 13.2 Å². The smallest absolute Gasteiger partial charge is 0.374 e. The second-order valence-electron chi connectivity index (χ2n) is 6.45. The molecule has 2 N–H and O–H groups in total. The molecule has 1 aromatic heterocycles. The second kappa shape index (κ2) is 7.96. The van der Waals surface area contributed by atoms with Gasteiger partial charge in [0.05, 0.1) is 0 Å². The van der Waals surface area contributed by atoms with Crippen molar-refractivity contribution in [1.29, 1.82) is 0 Å². The van der Waals surface area contributed by atoms with Gasteiger partial charge in [-0.25, -0.2) is 4.98 Å². The molecule has 0 spiro atoms. The molecule has 1 amide bonds. The number of rotatable bonds is 6. The van der Waals surface area contributed by atoms with Crippen molar-refractivity contribution in [3.8, 4) is 0 Å². The zero-order valence-corrected chi connectivity index (χ0v) is 15.3. The van der Waals surface area contributed by atoms with Gasteiger partial charge in [0.15, 0.2) is 0 Å². The first-order valence-corrected chi connectivity index (χ1v) is 8.34. The first-order valence-electron chi connectivity index (χ1n) is 8.34. The molecule has 1 heterocycles. The van der Waals surface area contributed by atoms with Gasteiger partial charge in [-0.3, -0.25) is 4.79 Å². The summed E-state index contributed by atoms with van der Waals surface area (Å²) >= 11 is 0. The number of benzene rings is 1. The van der Waals surface area contributed by atoms with Gasteiger partial charge in [-0.2, -0.15) is 13.2 Å². The molecule has 5 nitrogen and oxygen atoms in total. The fraction of sp³-hybridized carbons (Fsp3) is 0.368. The Kier molecular flexibility index (Phi) is 6.10. The third-order valence-corrected chi connectivity index (χ3v) is 4.29. The normalized spacial score (nSPS) is 14.3. The van der Waals surface area contributed by atoms with E-state index in [1.54, 1.807) is 6.08 Å². The zero-order chi connectivity index (χ0) is 20.2. The van der Waals surface area contributed by atoms with Gasteiger partial charge in [0.2, 0.25) is 11.5 Å². The van der Waals surface area contributed by atoms with Crippen molar-refractivity contribution in [2.45, 2.75) is 32.0 Å². The summed E-state index contributed by atoms with van der Waals surface area (Å²) in [7, 11) is 1.37. The van der Waals surface area contributed by atoms with Crippen LogP contribution < -0.4 is 5.32 Å². The van der Waals surface area contributed by atoms with Crippen LogP contribution in [0.2, 0.25) is 0 Å². The third kappa shape index (κ3) is 4.77. The molecule has 1 aromatic carbocycles. The maximum absolute atomic E-state index is 13.4. The summed E-state index contributed by atoms with van der Waals surface area (Å²) in [5.74, 6) is -1.06. The molecule has 146 valence electrons. The minimum Gasteiger partial charge on any atom is -0.374 e. The number of carbonyl (C=O) groups is 1. The molecule has 1 atom stereocenters. The lowest BCUT2D eigenvalue weighted by Crippen LogP contribution is -2.46. The van der Waals surface area contributed by atoms with Gasteiger partial charge in [0, 0.05) is 38.5 Å². The fourth-order valence-corrected chi connectivity index (χ4v) is 2.75. The number of amides is 1. The van der Waals surface area contributed by atoms with Crippen LogP contribution in [0.3, 0.4) is 0 Å². The van der Waals surface area contributed by atoms with E-state index >= 15 is 0 Å². The first kappa shape index (κ1) is 20.7. The standard InChI is InChI=1S/C19H22F3N3O2/c1-13-4-5-15(14(2)12-13)6-7-16(26)23-9-8-18(27,19(20,21)22)17-24-10-11-25(17)3/h4-7,10-12,27H,8-9H2,1-3H3,(H,23,26)/b7-6+. The Hall–Kier alpha value is -2.61. The van der Waals surface area contributed by atoms with Gasteiger partial charge < -0.3 is 15.0 Å². The Morgan fingerprint density at radius 2 is 2.04 bits per heavy atom. The zero-order valence-electron chi connectivity index (χ0n) is 15.3. The Morgan fingerprint density at radius 1 is 1.33 bits per heavy atom. The van der Waals surface area contributed by atoms with Crippen molar-refractivity contribution >= 4 is 12.0 Å².